The van der Waals surface area contributed by atoms with Crippen molar-refractivity contribution >= 4 is 22.9 Å². The number of ether oxygens (including phenoxy) is 1. The Morgan fingerprint density at radius 2 is 2.18 bits per heavy atom. The van der Waals surface area contributed by atoms with Gasteiger partial charge in [-0.05, 0) is 67.6 Å². The molecule has 0 atom stereocenters. The second kappa shape index (κ2) is 8.58. The SMILES string of the molecule is Cn1nccc1-c1cc(NC(=O)c2cccs2)ccc1OCC1CCNCC1. The molecule has 1 aliphatic heterocycles. The number of carbonyl (C=O) groups excluding carboxylic acids is 1. The second-order valence-electron chi connectivity index (χ2n) is 6.99. The van der Waals surface area contributed by atoms with Gasteiger partial charge in [0.25, 0.3) is 5.91 Å². The van der Waals surface area contributed by atoms with Crippen LogP contribution in [0.5, 0.6) is 5.75 Å². The fraction of sp³-hybridized carbons (Fsp3) is 0.333. The molecule has 1 saturated heterocycles. The van der Waals surface area contributed by atoms with Crippen molar-refractivity contribution in [1.29, 1.82) is 0 Å². The Morgan fingerprint density at radius 3 is 2.89 bits per heavy atom. The summed E-state index contributed by atoms with van der Waals surface area (Å²) in [5.41, 5.74) is 2.62. The Kier molecular flexibility index (Phi) is 5.73. The highest BCUT2D eigenvalue weighted by molar-refractivity contribution is 7.12. The average Bonchev–Trinajstić information content (AvgIpc) is 3.39. The molecule has 1 aromatic carbocycles. The number of nitrogens with zero attached hydrogens (tertiary/aromatic N) is 2. The smallest absolute Gasteiger partial charge is 0.265 e. The molecule has 3 heterocycles. The van der Waals surface area contributed by atoms with Crippen LogP contribution >= 0.6 is 11.3 Å². The molecule has 2 N–H and O–H groups in total. The molecule has 0 unspecified atom stereocenters. The van der Waals surface area contributed by atoms with Gasteiger partial charge in [-0.25, -0.2) is 0 Å². The maximum absolute atomic E-state index is 12.4. The molecule has 1 aliphatic rings. The largest absolute Gasteiger partial charge is 0.493 e. The number of aryl methyl sites for hydroxylation is 1. The maximum Gasteiger partial charge on any atom is 0.265 e. The van der Waals surface area contributed by atoms with Gasteiger partial charge >= 0.3 is 0 Å². The fourth-order valence-corrected chi connectivity index (χ4v) is 4.05. The number of piperidine rings is 1. The van der Waals surface area contributed by atoms with Gasteiger partial charge in [-0.1, -0.05) is 6.07 Å². The number of hydrogen-bond acceptors (Lipinski definition) is 5. The molecule has 0 radical (unpaired) electrons. The molecule has 7 heteroatoms. The number of anilines is 1. The molecule has 1 fully saturated rings. The number of rotatable bonds is 6. The van der Waals surface area contributed by atoms with E-state index in [0.29, 0.717) is 17.4 Å². The molecule has 146 valence electrons. The number of nitrogens with one attached hydrogen (secondary N) is 2. The third kappa shape index (κ3) is 4.26. The first-order valence-corrected chi connectivity index (χ1v) is 10.4. The Hall–Kier alpha value is -2.64. The minimum Gasteiger partial charge on any atom is -0.493 e. The summed E-state index contributed by atoms with van der Waals surface area (Å²) in [6.45, 7) is 2.81. The van der Waals surface area contributed by atoms with Gasteiger partial charge in [-0.3, -0.25) is 9.48 Å². The molecule has 1 amide bonds. The molecule has 0 saturated carbocycles. The van der Waals surface area contributed by atoms with E-state index in [4.69, 9.17) is 4.74 Å². The molecule has 2 aromatic heterocycles. The van der Waals surface area contributed by atoms with Crippen molar-refractivity contribution in [2.45, 2.75) is 12.8 Å². The Bertz CT molecular complexity index is 930. The van der Waals surface area contributed by atoms with E-state index in [0.717, 1.165) is 48.6 Å². The zero-order valence-electron chi connectivity index (χ0n) is 15.9. The minimum absolute atomic E-state index is 0.102. The summed E-state index contributed by atoms with van der Waals surface area (Å²) < 4.78 is 8.03. The Labute approximate surface area is 168 Å². The van der Waals surface area contributed by atoms with Crippen LogP contribution in [0.2, 0.25) is 0 Å². The first-order chi connectivity index (χ1) is 13.7. The van der Waals surface area contributed by atoms with Crippen LogP contribution < -0.4 is 15.4 Å². The summed E-state index contributed by atoms with van der Waals surface area (Å²) in [7, 11) is 1.91. The third-order valence-corrected chi connectivity index (χ3v) is 5.88. The van der Waals surface area contributed by atoms with Crippen LogP contribution in [0.4, 0.5) is 5.69 Å². The highest BCUT2D eigenvalue weighted by Gasteiger charge is 2.17. The van der Waals surface area contributed by atoms with Crippen molar-refractivity contribution in [2.24, 2.45) is 13.0 Å². The van der Waals surface area contributed by atoms with E-state index in [2.05, 4.69) is 15.7 Å². The molecule has 3 aromatic rings. The summed E-state index contributed by atoms with van der Waals surface area (Å²) in [6.07, 6.45) is 4.04. The van der Waals surface area contributed by atoms with Gasteiger partial charge < -0.3 is 15.4 Å². The summed E-state index contributed by atoms with van der Waals surface area (Å²) >= 11 is 1.43. The zero-order chi connectivity index (χ0) is 19.3. The lowest BCUT2D eigenvalue weighted by Crippen LogP contribution is -2.30. The van der Waals surface area contributed by atoms with Gasteiger partial charge in [-0.15, -0.1) is 11.3 Å². The van der Waals surface area contributed by atoms with Crippen molar-refractivity contribution < 1.29 is 9.53 Å². The number of benzene rings is 1. The maximum atomic E-state index is 12.4. The number of carbonyl (C=O) groups is 1. The van der Waals surface area contributed by atoms with E-state index in [-0.39, 0.29) is 5.91 Å². The summed E-state index contributed by atoms with van der Waals surface area (Å²) in [6, 6.07) is 11.4. The molecule has 28 heavy (non-hydrogen) atoms. The highest BCUT2D eigenvalue weighted by atomic mass is 32.1. The topological polar surface area (TPSA) is 68.2 Å². The lowest BCUT2D eigenvalue weighted by molar-refractivity contribution is 0.103. The van der Waals surface area contributed by atoms with E-state index in [1.165, 1.54) is 11.3 Å². The van der Waals surface area contributed by atoms with Crippen molar-refractivity contribution in [2.75, 3.05) is 25.0 Å². The van der Waals surface area contributed by atoms with Crippen molar-refractivity contribution in [1.82, 2.24) is 15.1 Å². The number of hydrogen-bond donors (Lipinski definition) is 2. The van der Waals surface area contributed by atoms with E-state index in [1.807, 2.05) is 53.5 Å². The van der Waals surface area contributed by atoms with Gasteiger partial charge in [0, 0.05) is 24.5 Å². The predicted octanol–water partition coefficient (Wildman–Crippen LogP) is 3.78. The third-order valence-electron chi connectivity index (χ3n) is 5.01. The molecular formula is C21H24N4O2S. The predicted molar refractivity (Wildman–Crippen MR) is 112 cm³/mol. The van der Waals surface area contributed by atoms with E-state index in [9.17, 15) is 4.79 Å². The summed E-state index contributed by atoms with van der Waals surface area (Å²) in [5, 5.41) is 12.5. The van der Waals surface area contributed by atoms with Crippen LogP contribution in [0.3, 0.4) is 0 Å². The van der Waals surface area contributed by atoms with Crippen LogP contribution in [-0.4, -0.2) is 35.4 Å². The van der Waals surface area contributed by atoms with Gasteiger partial charge in [0.05, 0.1) is 17.2 Å². The summed E-state index contributed by atoms with van der Waals surface area (Å²) in [5.74, 6) is 1.28. The van der Waals surface area contributed by atoms with E-state index >= 15 is 0 Å². The molecule has 0 bridgehead atoms. The first-order valence-electron chi connectivity index (χ1n) is 9.51. The van der Waals surface area contributed by atoms with Crippen LogP contribution in [0.25, 0.3) is 11.3 Å². The highest BCUT2D eigenvalue weighted by Crippen LogP contribution is 2.33. The number of amides is 1. The Morgan fingerprint density at radius 1 is 1.32 bits per heavy atom. The van der Waals surface area contributed by atoms with Crippen LogP contribution in [-0.2, 0) is 7.05 Å². The van der Waals surface area contributed by atoms with Gasteiger partial charge in [-0.2, -0.15) is 5.10 Å². The monoisotopic (exact) mass is 396 g/mol. The minimum atomic E-state index is -0.102. The first kappa shape index (κ1) is 18.7. The summed E-state index contributed by atoms with van der Waals surface area (Å²) in [4.78, 5) is 13.1. The lowest BCUT2D eigenvalue weighted by atomic mass is 9.99. The molecule has 4 rings (SSSR count). The van der Waals surface area contributed by atoms with Crippen LogP contribution in [0, 0.1) is 5.92 Å². The fourth-order valence-electron chi connectivity index (χ4n) is 3.43. The van der Waals surface area contributed by atoms with E-state index < -0.39 is 0 Å². The molecule has 0 aliphatic carbocycles. The molecular weight excluding hydrogens is 372 g/mol. The van der Waals surface area contributed by atoms with Gasteiger partial charge in [0.2, 0.25) is 0 Å². The van der Waals surface area contributed by atoms with Crippen LogP contribution in [0.15, 0.2) is 48.0 Å². The Balaban J connectivity index is 1.56. The molecule has 0 spiro atoms. The number of thiophene rings is 1. The molecule has 6 nitrogen and oxygen atoms in total. The standard InChI is InChI=1S/C21H24N4O2S/c1-25-18(8-11-23-25)17-13-16(24-21(26)20-3-2-12-28-20)4-5-19(17)27-14-15-6-9-22-10-7-15/h2-5,8,11-13,15,22H,6-7,9-10,14H2,1H3,(H,24,26). The van der Waals surface area contributed by atoms with E-state index in [1.54, 1.807) is 6.20 Å². The van der Waals surface area contributed by atoms with Crippen LogP contribution in [0.1, 0.15) is 22.5 Å². The van der Waals surface area contributed by atoms with Gasteiger partial charge in [0.1, 0.15) is 5.75 Å². The second-order valence-corrected chi connectivity index (χ2v) is 7.93. The number of aromatic nitrogens is 2. The lowest BCUT2D eigenvalue weighted by Gasteiger charge is -2.23. The quantitative estimate of drug-likeness (QED) is 0.665. The average molecular weight is 397 g/mol. The van der Waals surface area contributed by atoms with Crippen molar-refractivity contribution in [3.8, 4) is 17.0 Å². The van der Waals surface area contributed by atoms with Crippen molar-refractivity contribution in [3.63, 3.8) is 0 Å². The van der Waals surface area contributed by atoms with Gasteiger partial charge in [0.15, 0.2) is 0 Å². The zero-order valence-corrected chi connectivity index (χ0v) is 16.7. The normalized spacial score (nSPS) is 14.8. The van der Waals surface area contributed by atoms with Crippen molar-refractivity contribution in [3.05, 3.63) is 52.9 Å².